The second-order valence-corrected chi connectivity index (χ2v) is 32.6. The predicted molar refractivity (Wildman–Crippen MR) is 529 cm³/mol. The molecule has 1 aliphatic rings. The lowest BCUT2D eigenvalue weighted by atomic mass is 9.64. The van der Waals surface area contributed by atoms with Gasteiger partial charge in [-0.05, 0) is 331 Å². The van der Waals surface area contributed by atoms with Crippen LogP contribution in [-0.4, -0.2) is 98.0 Å². The van der Waals surface area contributed by atoms with E-state index in [1.165, 1.54) is 102 Å². The molecule has 1 amide bonds. The fourth-order valence-electron chi connectivity index (χ4n) is 14.8. The molecule has 0 saturated heterocycles. The van der Waals surface area contributed by atoms with Crippen molar-refractivity contribution in [3.8, 4) is 109 Å². The van der Waals surface area contributed by atoms with Crippen molar-refractivity contribution in [3.05, 3.63) is 493 Å². The number of phenols is 14. The molecule has 1 aliphatic heterocycles. The number of hydrogen-bond acceptors (Lipinski definition) is 22. The third-order valence-electron chi connectivity index (χ3n) is 21.9. The lowest BCUT2D eigenvalue weighted by Crippen LogP contribution is -2.34. The van der Waals surface area contributed by atoms with E-state index in [9.17, 15) is 75.2 Å². The second-order valence-electron chi connectivity index (χ2n) is 31.1. The smallest absolute Gasteiger partial charge is 0.224 e. The molecule has 0 radical (unpaired) electrons. The predicted octanol–water partition coefficient (Wildman–Crippen LogP) is 23.3. The molecule has 0 spiro atoms. The topological polar surface area (TPSA) is 407 Å². The van der Waals surface area contributed by atoms with E-state index in [-0.39, 0.29) is 86.3 Å². The van der Waals surface area contributed by atoms with Crippen LogP contribution in [0.1, 0.15) is 73.3 Å². The van der Waals surface area contributed by atoms with Crippen LogP contribution in [0, 0.1) is 11.3 Å². The summed E-state index contributed by atoms with van der Waals surface area (Å²) in [5.41, 5.74) is 12.3. The van der Waals surface area contributed by atoms with Crippen molar-refractivity contribution in [3.63, 3.8) is 0 Å². The zero-order valence-electron chi connectivity index (χ0n) is 73.8. The first kappa shape index (κ1) is 97.0. The maximum absolute atomic E-state index is 12.0. The number of benzene rings is 17. The van der Waals surface area contributed by atoms with E-state index in [1.54, 1.807) is 207 Å². The van der Waals surface area contributed by atoms with Gasteiger partial charge in [-0.15, -0.1) is 0 Å². The van der Waals surface area contributed by atoms with E-state index < -0.39 is 27.7 Å². The highest BCUT2D eigenvalue weighted by Gasteiger charge is 2.46. The van der Waals surface area contributed by atoms with E-state index in [0.29, 0.717) is 55.7 Å². The van der Waals surface area contributed by atoms with Crippen LogP contribution >= 0.6 is 0 Å². The number of anilines is 5. The molecule has 2 heterocycles. The third-order valence-corrected chi connectivity index (χ3v) is 23.3. The average Bonchev–Trinajstić information content (AvgIpc) is 0.705. The lowest BCUT2D eigenvalue weighted by molar-refractivity contribution is -0.106. The number of amides is 1. The highest BCUT2D eigenvalue weighted by molar-refractivity contribution is 7.85. The Morgan fingerprint density at radius 1 is 0.362 bits per heavy atom. The summed E-state index contributed by atoms with van der Waals surface area (Å²) in [6.07, 6.45) is 2.39. The minimum absolute atomic E-state index is 0.127. The molecule has 0 unspecified atom stereocenters. The van der Waals surface area contributed by atoms with Gasteiger partial charge in [0.15, 0.2) is 5.78 Å². The molecule has 15 N–H and O–H groups in total. The Morgan fingerprint density at radius 2 is 0.667 bits per heavy atom. The molecule has 0 aliphatic carbocycles. The maximum Gasteiger partial charge on any atom is 0.224 e. The fourth-order valence-corrected chi connectivity index (χ4v) is 15.9. The highest BCUT2D eigenvalue weighted by atomic mass is 32.2. The van der Waals surface area contributed by atoms with Gasteiger partial charge in [-0.2, -0.15) is 5.26 Å². The Morgan fingerprint density at radius 3 is 1.04 bits per heavy atom. The van der Waals surface area contributed by atoms with Crippen LogP contribution in [0.2, 0.25) is 0 Å². The van der Waals surface area contributed by atoms with Crippen molar-refractivity contribution in [2.45, 2.75) is 33.6 Å². The number of aromatic nitrogens is 1. The Kier molecular flexibility index (Phi) is 32.0. The molecular weight excluding hydrogens is 1760 g/mol. The number of ketones is 1. The van der Waals surface area contributed by atoms with Crippen LogP contribution in [0.25, 0.3) is 11.1 Å². The largest absolute Gasteiger partial charge is 0.508 e. The van der Waals surface area contributed by atoms with Crippen LogP contribution in [-0.2, 0) is 26.6 Å². The van der Waals surface area contributed by atoms with Gasteiger partial charge in [-0.25, -0.2) is 9.19 Å². The molecule has 17 aromatic carbocycles. The summed E-state index contributed by atoms with van der Waals surface area (Å²) in [4.78, 5) is 32.2. The summed E-state index contributed by atoms with van der Waals surface area (Å²) >= 11 is 0. The van der Waals surface area contributed by atoms with E-state index in [0.717, 1.165) is 67.3 Å². The van der Waals surface area contributed by atoms with Crippen LogP contribution in [0.3, 0.4) is 0 Å². The highest BCUT2D eigenvalue weighted by Crippen LogP contribution is 2.55. The first-order valence-corrected chi connectivity index (χ1v) is 43.9. The number of fused-ring (bicyclic) bond motifs is 2. The molecule has 18 aromatic rings. The summed E-state index contributed by atoms with van der Waals surface area (Å²) in [7, 11) is -1.29. The van der Waals surface area contributed by atoms with Crippen molar-refractivity contribution < 1.29 is 95.1 Å². The number of nitriles is 1. The van der Waals surface area contributed by atoms with Gasteiger partial charge in [0.1, 0.15) is 91.8 Å². The lowest BCUT2D eigenvalue weighted by Gasteiger charge is -2.40. The van der Waals surface area contributed by atoms with Crippen LogP contribution in [0.15, 0.2) is 447 Å². The summed E-state index contributed by atoms with van der Waals surface area (Å²) in [5, 5.41) is 150. The molecule has 138 heavy (non-hydrogen) atoms. The first-order valence-electron chi connectivity index (χ1n) is 42.7. The number of ether oxygens (including phenoxy) is 1. The van der Waals surface area contributed by atoms with Gasteiger partial charge in [0, 0.05) is 66.6 Å². The number of aromatic hydroxyl groups is 14. The molecule has 24 heteroatoms. The normalized spacial score (nSPS) is 11.1. The van der Waals surface area contributed by atoms with Crippen LogP contribution < -0.4 is 14.5 Å². The van der Waals surface area contributed by atoms with Gasteiger partial charge in [0.2, 0.25) is 12.3 Å². The van der Waals surface area contributed by atoms with E-state index in [4.69, 9.17) is 25.2 Å². The van der Waals surface area contributed by atoms with Crippen LogP contribution in [0.5, 0.6) is 92.1 Å². The molecule has 0 fully saturated rings. The van der Waals surface area contributed by atoms with Crippen molar-refractivity contribution in [2.24, 2.45) is 0 Å². The zero-order valence-corrected chi connectivity index (χ0v) is 74.6. The Balaban J connectivity index is 0.000000138. The Labute approximate surface area is 797 Å². The molecule has 23 nitrogen and oxygen atoms in total. The van der Waals surface area contributed by atoms with Crippen molar-refractivity contribution >= 4 is 51.4 Å². The average molecular weight is 1850 g/mol. The minimum atomic E-state index is -1.29. The summed E-state index contributed by atoms with van der Waals surface area (Å²) in [6, 6.07) is 124. The van der Waals surface area contributed by atoms with Crippen molar-refractivity contribution in [1.82, 2.24) is 4.98 Å². The monoisotopic (exact) mass is 1850 g/mol. The first-order chi connectivity index (χ1) is 66.6. The number of carbonyl (C=O) groups excluding carboxylic acids is 2. The quantitative estimate of drug-likeness (QED) is 0.0297. The van der Waals surface area contributed by atoms with Gasteiger partial charge in [0.25, 0.3) is 0 Å². The van der Waals surface area contributed by atoms with Crippen LogP contribution in [0.4, 0.5) is 28.4 Å². The molecule has 0 bridgehead atoms. The van der Waals surface area contributed by atoms with E-state index >= 15 is 0 Å². The number of hydrogen-bond donors (Lipinski definition) is 15. The standard InChI is InChI=1S/C24H17NO3.C24H19NO2.C14H11NO2.C14H14O3.C13H11NO3.C13H10O3.C12H10O3S/c26-18-11-7-16(8-12-18)24(17-9-13-19(27)14-10-17)20-4-1-2-6-22(20)28-23-21(24)5-3-15-25-23;26-21-14-10-19(11-15-21)25(20-12-16-22(27)17-13-20)24-9-5-4-8-23(24)18-6-2-1-3-7-18;15-9-14(10-1-5-12(16)6-2-10)11-3-7-13(17)8-4-11;1-14(17,10-2-6-12(15)7-3-10)11-4-8-13(16)9-5-11;15-9-14(10-1-5-12(16)6-2-10)11-3-7-13(17)8-4-11;14-11-5-1-9(2-6-11)13(16)10-3-7-12(15)8-4-10;13-9-1-5-11(6-2-9)16(15)12-7-3-10(14)4-8-12/h1-15,26-27H;1-17,26-27H;1-8,14,16-17H;2-9,15-17H,1H3;1-9,16-17H;1-8,14-15H;1-8,13-14H. The van der Waals surface area contributed by atoms with Crippen molar-refractivity contribution in [1.29, 1.82) is 5.26 Å². The second kappa shape index (κ2) is 45.5. The minimum Gasteiger partial charge on any atom is -0.508 e. The summed E-state index contributed by atoms with van der Waals surface area (Å²) in [6.45, 7) is 1.67. The van der Waals surface area contributed by atoms with Gasteiger partial charge in [-0.3, -0.25) is 14.5 Å². The number of rotatable bonds is 17. The summed E-state index contributed by atoms with van der Waals surface area (Å²) in [5.74, 6) is 3.11. The van der Waals surface area contributed by atoms with Gasteiger partial charge < -0.3 is 86.2 Å². The molecule has 19 rings (SSSR count). The SMILES string of the molecule is CC(O)(c1ccc(O)cc1)c1ccc(O)cc1.N#CC(c1ccc(O)cc1)c1ccc(O)cc1.O=C(c1ccc(O)cc1)c1ccc(O)cc1.O=CN(c1ccc(O)cc1)c1ccc(O)cc1.O=S(c1ccc(O)cc1)c1ccc(O)cc1.Oc1ccc(C2(c3ccc(O)cc3)c3ccccc3Oc3ncccc32)cc1.Oc1ccc(N(c2ccc(O)cc2)c2ccccc2-c2ccccc2)cc1. The number of phenolic OH excluding ortho intramolecular Hbond substituents is 14. The van der Waals surface area contributed by atoms with Crippen molar-refractivity contribution in [2.75, 3.05) is 9.80 Å². The number of nitrogens with zero attached hydrogens (tertiary/aromatic N) is 4. The van der Waals surface area contributed by atoms with Gasteiger partial charge in [-0.1, -0.05) is 146 Å². The van der Waals surface area contributed by atoms with E-state index in [2.05, 4.69) is 40.2 Å². The fraction of sp³-hybridized carbons (Fsp3) is 0.0351. The molecule has 0 atom stereocenters. The van der Waals surface area contributed by atoms with Gasteiger partial charge >= 0.3 is 0 Å². The maximum atomic E-state index is 12.0. The Bertz CT molecular complexity index is 6630. The molecule has 1 aromatic heterocycles. The number of carbonyl (C=O) groups is 2. The number of para-hydroxylation sites is 2. The van der Waals surface area contributed by atoms with E-state index in [1.807, 2.05) is 115 Å². The summed E-state index contributed by atoms with van der Waals surface area (Å²) < 4.78 is 18.1. The third kappa shape index (κ3) is 24.6. The molecule has 688 valence electrons. The number of pyridine rings is 1. The zero-order chi connectivity index (χ0) is 97.8. The van der Waals surface area contributed by atoms with Gasteiger partial charge in [0.05, 0.1) is 33.9 Å². The number of aliphatic hydroxyl groups is 1. The molecule has 0 saturated carbocycles. The Hall–Kier alpha value is -18.6. The molecular formula is C114H92N4O19S.